The van der Waals surface area contributed by atoms with E-state index in [9.17, 15) is 19.8 Å². The van der Waals surface area contributed by atoms with Gasteiger partial charge in [0.1, 0.15) is 6.10 Å². The van der Waals surface area contributed by atoms with E-state index in [0.717, 1.165) is 64.2 Å². The number of allylic oxidation sites excluding steroid dienone is 9. The van der Waals surface area contributed by atoms with Crippen molar-refractivity contribution < 1.29 is 24.5 Å². The summed E-state index contributed by atoms with van der Waals surface area (Å²) in [6, 6.07) is -0.742. The van der Waals surface area contributed by atoms with Gasteiger partial charge in [0.15, 0.2) is 0 Å². The number of esters is 1. The number of aliphatic hydroxyl groups excluding tert-OH is 2. The Morgan fingerprint density at radius 3 is 1.17 bits per heavy atom. The average Bonchev–Trinajstić information content (AvgIpc) is 3.30. The summed E-state index contributed by atoms with van der Waals surface area (Å²) in [5.41, 5.74) is 0. The molecule has 378 valence electrons. The van der Waals surface area contributed by atoms with Crippen LogP contribution in [0.2, 0.25) is 0 Å². The lowest BCUT2D eigenvalue weighted by molar-refractivity contribution is -0.148. The van der Waals surface area contributed by atoms with Crippen molar-refractivity contribution in [2.24, 2.45) is 0 Å². The van der Waals surface area contributed by atoms with Gasteiger partial charge in [0.25, 0.3) is 0 Å². The molecular weight excluding hydrogens is 803 g/mol. The molecular formula is C59H107NO5. The van der Waals surface area contributed by atoms with Crippen molar-refractivity contribution in [2.45, 2.75) is 296 Å². The predicted molar refractivity (Wildman–Crippen MR) is 282 cm³/mol. The number of rotatable bonds is 50. The van der Waals surface area contributed by atoms with E-state index in [2.05, 4.69) is 74.7 Å². The van der Waals surface area contributed by atoms with Crippen LogP contribution in [0.1, 0.15) is 278 Å². The van der Waals surface area contributed by atoms with Crippen molar-refractivity contribution >= 4 is 11.9 Å². The summed E-state index contributed by atoms with van der Waals surface area (Å²) in [7, 11) is 0. The number of hydrogen-bond acceptors (Lipinski definition) is 5. The molecule has 0 heterocycles. The molecule has 3 unspecified atom stereocenters. The van der Waals surface area contributed by atoms with Crippen molar-refractivity contribution in [3.63, 3.8) is 0 Å². The molecule has 0 rings (SSSR count). The van der Waals surface area contributed by atoms with Gasteiger partial charge in [-0.25, -0.2) is 0 Å². The Balaban J connectivity index is 4.62. The third-order valence-electron chi connectivity index (χ3n) is 12.6. The Hall–Kier alpha value is -2.44. The molecule has 0 aromatic heterocycles. The molecule has 0 saturated heterocycles. The Labute approximate surface area is 403 Å². The molecule has 0 fully saturated rings. The van der Waals surface area contributed by atoms with Crippen LogP contribution in [-0.4, -0.2) is 46.9 Å². The zero-order valence-electron chi connectivity index (χ0n) is 43.1. The fraction of sp³-hybridized carbons (Fsp3) is 0.797. The predicted octanol–water partition coefficient (Wildman–Crippen LogP) is 17.2. The van der Waals surface area contributed by atoms with Crippen molar-refractivity contribution in [2.75, 3.05) is 6.61 Å². The first-order valence-electron chi connectivity index (χ1n) is 28.0. The molecule has 3 atom stereocenters. The third-order valence-corrected chi connectivity index (χ3v) is 12.6. The van der Waals surface area contributed by atoms with E-state index in [1.54, 1.807) is 0 Å². The van der Waals surface area contributed by atoms with Gasteiger partial charge in [0.05, 0.1) is 25.2 Å². The second-order valence-electron chi connectivity index (χ2n) is 19.0. The summed E-state index contributed by atoms with van der Waals surface area (Å²) in [5.74, 6) is -0.619. The van der Waals surface area contributed by atoms with Crippen LogP contribution in [0.25, 0.3) is 0 Å². The fourth-order valence-electron chi connectivity index (χ4n) is 8.39. The molecule has 6 nitrogen and oxygen atoms in total. The van der Waals surface area contributed by atoms with E-state index in [1.807, 2.05) is 12.2 Å². The van der Waals surface area contributed by atoms with Gasteiger partial charge < -0.3 is 20.3 Å². The maximum absolute atomic E-state index is 13.2. The average molecular weight is 911 g/mol. The highest BCUT2D eigenvalue weighted by atomic mass is 16.5. The molecule has 0 spiro atoms. The van der Waals surface area contributed by atoms with Crippen molar-refractivity contribution in [1.82, 2.24) is 5.32 Å². The first-order valence-corrected chi connectivity index (χ1v) is 28.0. The minimum atomic E-state index is -0.819. The van der Waals surface area contributed by atoms with Gasteiger partial charge in [-0.05, 0) is 51.0 Å². The van der Waals surface area contributed by atoms with E-state index < -0.39 is 18.2 Å². The quantitative estimate of drug-likeness (QED) is 0.0321. The summed E-state index contributed by atoms with van der Waals surface area (Å²) in [6.45, 7) is 6.36. The minimum Gasteiger partial charge on any atom is -0.458 e. The monoisotopic (exact) mass is 910 g/mol. The molecule has 6 heteroatoms. The molecule has 0 bridgehead atoms. The van der Waals surface area contributed by atoms with Gasteiger partial charge in [-0.1, -0.05) is 275 Å². The largest absolute Gasteiger partial charge is 0.458 e. The van der Waals surface area contributed by atoms with E-state index in [-0.39, 0.29) is 24.9 Å². The molecule has 0 saturated carbocycles. The molecule has 0 aromatic carbocycles. The number of ether oxygens (including phenoxy) is 1. The Bertz CT molecular complexity index is 1160. The number of carbonyl (C=O) groups is 2. The lowest BCUT2D eigenvalue weighted by atomic mass is 10.0. The van der Waals surface area contributed by atoms with Crippen LogP contribution in [0.3, 0.4) is 0 Å². The molecule has 0 aliphatic heterocycles. The molecule has 3 N–H and O–H groups in total. The molecule has 1 amide bonds. The summed E-state index contributed by atoms with van der Waals surface area (Å²) in [6.07, 6.45) is 66.1. The van der Waals surface area contributed by atoms with Gasteiger partial charge in [0.2, 0.25) is 5.91 Å². The topological polar surface area (TPSA) is 95.9 Å². The SMILES string of the molecule is CC/C=C/C/C=C/C/C=C/C/C=C/C/C=C/C(CC(=O)NC(CO)C(O)CCCCCCCCCCCCCCCCCCC)OC(=O)CCCCCCCCCCCCCCCCC. The maximum atomic E-state index is 13.2. The standard InChI is InChI=1S/C59H107NO5/c1-4-7-10-13-16-19-22-25-28-29-31-33-36-39-42-45-48-51-57(62)56(54-61)60-58(63)53-55(50-47-44-41-38-35-32-27-24-21-18-15-12-9-6-3)65-59(64)52-49-46-43-40-37-34-30-26-23-20-17-14-11-8-5-2/h9,12,18,21,27,32,38,41,47,50,55-57,61-62H,4-8,10-11,13-17,19-20,22-26,28-31,33-37,39-40,42-46,48-49,51-54H2,1-3H3,(H,60,63)/b12-9+,21-18+,32-27+,41-38+,50-47+. The number of nitrogens with one attached hydrogen (secondary N) is 1. The summed E-state index contributed by atoms with van der Waals surface area (Å²) >= 11 is 0. The number of hydrogen-bond donors (Lipinski definition) is 3. The van der Waals surface area contributed by atoms with Crippen LogP contribution >= 0.6 is 0 Å². The van der Waals surface area contributed by atoms with Crippen LogP contribution in [0.4, 0.5) is 0 Å². The summed E-state index contributed by atoms with van der Waals surface area (Å²) < 4.78 is 5.84. The summed E-state index contributed by atoms with van der Waals surface area (Å²) in [5, 5.41) is 23.8. The van der Waals surface area contributed by atoms with Gasteiger partial charge in [-0.15, -0.1) is 0 Å². The number of carbonyl (C=O) groups excluding carboxylic acids is 2. The molecule has 65 heavy (non-hydrogen) atoms. The molecule has 0 aliphatic carbocycles. The highest BCUT2D eigenvalue weighted by Gasteiger charge is 2.23. The molecule has 0 radical (unpaired) electrons. The summed E-state index contributed by atoms with van der Waals surface area (Å²) in [4.78, 5) is 26.1. The Morgan fingerprint density at radius 2 is 0.800 bits per heavy atom. The van der Waals surface area contributed by atoms with Crippen LogP contribution in [0, 0.1) is 0 Å². The van der Waals surface area contributed by atoms with Crippen LogP contribution < -0.4 is 5.32 Å². The second kappa shape index (κ2) is 52.5. The van der Waals surface area contributed by atoms with E-state index in [1.165, 1.54) is 167 Å². The van der Waals surface area contributed by atoms with Gasteiger partial charge in [0, 0.05) is 6.42 Å². The fourth-order valence-corrected chi connectivity index (χ4v) is 8.39. The highest BCUT2D eigenvalue weighted by molar-refractivity contribution is 5.78. The van der Waals surface area contributed by atoms with Crippen LogP contribution in [-0.2, 0) is 14.3 Å². The molecule has 0 aliphatic rings. The Kier molecular flexibility index (Phi) is 50.6. The third kappa shape index (κ3) is 47.8. The first kappa shape index (κ1) is 62.6. The van der Waals surface area contributed by atoms with Crippen molar-refractivity contribution in [3.8, 4) is 0 Å². The number of amides is 1. The lowest BCUT2D eigenvalue weighted by Gasteiger charge is -2.23. The van der Waals surface area contributed by atoms with E-state index >= 15 is 0 Å². The van der Waals surface area contributed by atoms with Crippen molar-refractivity contribution in [3.05, 3.63) is 60.8 Å². The maximum Gasteiger partial charge on any atom is 0.306 e. The second-order valence-corrected chi connectivity index (χ2v) is 19.0. The van der Waals surface area contributed by atoms with Gasteiger partial charge in [-0.3, -0.25) is 9.59 Å². The van der Waals surface area contributed by atoms with Crippen molar-refractivity contribution in [1.29, 1.82) is 0 Å². The smallest absolute Gasteiger partial charge is 0.306 e. The van der Waals surface area contributed by atoms with E-state index in [0.29, 0.717) is 19.3 Å². The Morgan fingerprint density at radius 1 is 0.462 bits per heavy atom. The zero-order valence-corrected chi connectivity index (χ0v) is 43.1. The number of aliphatic hydroxyl groups is 2. The van der Waals surface area contributed by atoms with Crippen LogP contribution in [0.5, 0.6) is 0 Å². The zero-order chi connectivity index (χ0) is 47.4. The van der Waals surface area contributed by atoms with Gasteiger partial charge >= 0.3 is 5.97 Å². The normalized spacial score (nSPS) is 13.6. The van der Waals surface area contributed by atoms with E-state index in [4.69, 9.17) is 4.74 Å². The van der Waals surface area contributed by atoms with Crippen LogP contribution in [0.15, 0.2) is 60.8 Å². The first-order chi connectivity index (χ1) is 32.0. The molecule has 0 aromatic rings. The van der Waals surface area contributed by atoms with Gasteiger partial charge in [-0.2, -0.15) is 0 Å². The lowest BCUT2D eigenvalue weighted by Crippen LogP contribution is -2.46. The highest BCUT2D eigenvalue weighted by Crippen LogP contribution is 2.17. The number of unbranched alkanes of at least 4 members (excludes halogenated alkanes) is 30. The minimum absolute atomic E-state index is 0.0440.